The minimum Gasteiger partial charge on any atom is -0.550 e. The number of unbranched alkanes of at least 4 members (excludes halogenated alkanes) is 13. The molecule has 0 heterocycles. The average molecular weight is 404 g/mol. The fourth-order valence-corrected chi connectivity index (χ4v) is 2.51. The summed E-state index contributed by atoms with van der Waals surface area (Å²) in [5, 5.41) is 27.6. The molecule has 0 aliphatic carbocycles. The van der Waals surface area contributed by atoms with Gasteiger partial charge in [-0.2, -0.15) is 0 Å². The van der Waals surface area contributed by atoms with Gasteiger partial charge in [-0.3, -0.25) is 0 Å². The topological polar surface area (TPSA) is 100 Å². The summed E-state index contributed by atoms with van der Waals surface area (Å²) in [6.07, 6.45) is 18.3. The molecule has 0 unspecified atom stereocenters. The van der Waals surface area contributed by atoms with Crippen LogP contribution in [0.15, 0.2) is 0 Å². The molecule has 0 fully saturated rings. The van der Waals surface area contributed by atoms with Gasteiger partial charge in [0, 0.05) is 18.5 Å². The van der Waals surface area contributed by atoms with Crippen LogP contribution in [0.25, 0.3) is 0 Å². The van der Waals surface area contributed by atoms with Gasteiger partial charge in [-0.05, 0) is 19.3 Å². The Hall–Kier alpha value is 0.900. The van der Waals surface area contributed by atoms with Crippen LogP contribution in [0.2, 0.25) is 0 Å². The van der Waals surface area contributed by atoms with Gasteiger partial charge < -0.3 is 24.9 Å². The molecule has 0 aromatic rings. The van der Waals surface area contributed by atoms with Gasteiger partial charge in [0.1, 0.15) is 0 Å². The molecule has 0 aromatic heterocycles. The number of carboxylic acids is 2. The summed E-state index contributed by atoms with van der Waals surface area (Å²) >= 11 is 0. The maximum Gasteiger partial charge on any atom is 1.00 e. The molecule has 0 aromatic carbocycles. The molecule has 0 saturated heterocycles. The minimum absolute atomic E-state index is 0. The summed E-state index contributed by atoms with van der Waals surface area (Å²) in [6.45, 7) is 2.65. The van der Waals surface area contributed by atoms with Crippen molar-refractivity contribution in [2.45, 2.75) is 110 Å². The summed E-state index contributed by atoms with van der Waals surface area (Å²) < 4.78 is 0. The van der Waals surface area contributed by atoms with Gasteiger partial charge in [-0.1, -0.05) is 90.4 Å². The first kappa shape index (κ1) is 35.3. The van der Waals surface area contributed by atoms with Crippen LogP contribution >= 0.6 is 0 Å². The van der Waals surface area contributed by atoms with Crippen LogP contribution in [0.4, 0.5) is 0 Å². The van der Waals surface area contributed by atoms with E-state index in [0.29, 0.717) is 6.61 Å². The van der Waals surface area contributed by atoms with E-state index in [1.54, 1.807) is 0 Å². The third-order valence-electron chi connectivity index (χ3n) is 4.04. The van der Waals surface area contributed by atoms with Crippen LogP contribution in [0.3, 0.4) is 0 Å². The molecular formula is C20H38Na2O5. The molecule has 1 N–H and O–H groups in total. The number of carbonyl (C=O) groups excluding carboxylic acids is 2. The molecule has 7 heteroatoms. The third kappa shape index (κ3) is 42.1. The molecule has 0 bridgehead atoms. The maximum absolute atomic E-state index is 9.50. The van der Waals surface area contributed by atoms with Gasteiger partial charge in [0.25, 0.3) is 0 Å². The van der Waals surface area contributed by atoms with E-state index in [1.165, 1.54) is 83.5 Å². The number of hydrogen-bond donors (Lipinski definition) is 1. The number of aliphatic hydroxyl groups is 1. The first-order chi connectivity index (χ1) is 12.0. The number of carboxylic acid groups (broad SMARTS) is 2. The summed E-state index contributed by atoms with van der Waals surface area (Å²) in [4.78, 5) is 19.0. The molecule has 0 rings (SSSR count). The normalized spacial score (nSPS) is 9.41. The fourth-order valence-electron chi connectivity index (χ4n) is 2.51. The van der Waals surface area contributed by atoms with Crippen molar-refractivity contribution in [2.75, 3.05) is 6.61 Å². The van der Waals surface area contributed by atoms with Gasteiger partial charge in [0.05, 0.1) is 0 Å². The standard InChI is InChI=1S/C16H34O.C4H6O4.2Na/c1-2-3-4-5-6-7-8-9-10-11-12-13-14-15-16-17;5-3(6)1-2-4(7)8;;/h17H,2-16H2,1H3;1-2H2,(H,5,6)(H,7,8);;/q;;2*+1/p-2. The second kappa shape index (κ2) is 31.6. The van der Waals surface area contributed by atoms with Crippen molar-refractivity contribution in [1.82, 2.24) is 0 Å². The monoisotopic (exact) mass is 404 g/mol. The van der Waals surface area contributed by atoms with Crippen LogP contribution in [0.5, 0.6) is 0 Å². The van der Waals surface area contributed by atoms with Gasteiger partial charge >= 0.3 is 59.1 Å². The maximum atomic E-state index is 9.50. The molecule has 0 spiro atoms. The van der Waals surface area contributed by atoms with Crippen LogP contribution in [0.1, 0.15) is 110 Å². The molecule has 0 radical (unpaired) electrons. The quantitative estimate of drug-likeness (QED) is 0.203. The van der Waals surface area contributed by atoms with E-state index in [2.05, 4.69) is 6.92 Å². The predicted octanol–water partition coefficient (Wildman–Crippen LogP) is -3.27. The Morgan fingerprint density at radius 3 is 1.07 bits per heavy atom. The van der Waals surface area contributed by atoms with E-state index >= 15 is 0 Å². The van der Waals surface area contributed by atoms with Gasteiger partial charge in [0.15, 0.2) is 0 Å². The fraction of sp³-hybridized carbons (Fsp3) is 0.900. The summed E-state index contributed by atoms with van der Waals surface area (Å²) in [7, 11) is 0. The number of aliphatic hydroxyl groups excluding tert-OH is 1. The zero-order valence-corrected chi connectivity index (χ0v) is 22.1. The Kier molecular flexibility index (Phi) is 41.4. The zero-order chi connectivity index (χ0) is 19.2. The average Bonchev–Trinajstić information content (AvgIpc) is 2.58. The Bertz CT molecular complexity index is 274. The first-order valence-electron chi connectivity index (χ1n) is 10.0. The Morgan fingerprint density at radius 1 is 0.593 bits per heavy atom. The number of rotatable bonds is 17. The second-order valence-corrected chi connectivity index (χ2v) is 6.56. The summed E-state index contributed by atoms with van der Waals surface area (Å²) in [5.74, 6) is -2.73. The van der Waals surface area contributed by atoms with E-state index in [1.807, 2.05) is 0 Å². The van der Waals surface area contributed by atoms with Crippen LogP contribution in [-0.2, 0) is 9.59 Å². The number of aliphatic carboxylic acids is 2. The van der Waals surface area contributed by atoms with Crippen molar-refractivity contribution < 1.29 is 84.0 Å². The van der Waals surface area contributed by atoms with Crippen LogP contribution in [-0.4, -0.2) is 23.7 Å². The van der Waals surface area contributed by atoms with Crippen molar-refractivity contribution in [3.8, 4) is 0 Å². The third-order valence-corrected chi connectivity index (χ3v) is 4.04. The Labute approximate surface area is 210 Å². The largest absolute Gasteiger partial charge is 1.00 e. The zero-order valence-electron chi connectivity index (χ0n) is 18.1. The smallest absolute Gasteiger partial charge is 0.550 e. The van der Waals surface area contributed by atoms with Crippen molar-refractivity contribution in [2.24, 2.45) is 0 Å². The molecule has 0 saturated carbocycles. The van der Waals surface area contributed by atoms with Gasteiger partial charge in [-0.15, -0.1) is 0 Å². The number of carbonyl (C=O) groups is 2. The van der Waals surface area contributed by atoms with Crippen molar-refractivity contribution in [3.05, 3.63) is 0 Å². The van der Waals surface area contributed by atoms with E-state index in [0.717, 1.165) is 6.42 Å². The van der Waals surface area contributed by atoms with Gasteiger partial charge in [-0.25, -0.2) is 0 Å². The Morgan fingerprint density at radius 2 is 0.852 bits per heavy atom. The summed E-state index contributed by atoms with van der Waals surface area (Å²) in [5.41, 5.74) is 0. The van der Waals surface area contributed by atoms with Crippen molar-refractivity contribution >= 4 is 11.9 Å². The molecular weight excluding hydrogens is 366 g/mol. The summed E-state index contributed by atoms with van der Waals surface area (Å²) in [6, 6.07) is 0. The predicted molar refractivity (Wildman–Crippen MR) is 96.6 cm³/mol. The first-order valence-corrected chi connectivity index (χ1v) is 10.0. The molecule has 150 valence electrons. The van der Waals surface area contributed by atoms with Gasteiger partial charge in [0.2, 0.25) is 0 Å². The minimum atomic E-state index is -1.37. The van der Waals surface area contributed by atoms with Crippen molar-refractivity contribution in [3.63, 3.8) is 0 Å². The van der Waals surface area contributed by atoms with Crippen LogP contribution < -0.4 is 69.3 Å². The SMILES string of the molecule is CCCCCCCCCCCCCCCCO.O=C([O-])CCC(=O)[O-].[Na+].[Na+]. The molecule has 0 atom stereocenters. The number of hydrogen-bond acceptors (Lipinski definition) is 5. The molecule has 5 nitrogen and oxygen atoms in total. The van der Waals surface area contributed by atoms with E-state index in [9.17, 15) is 19.8 Å². The molecule has 0 aliphatic heterocycles. The Balaban J connectivity index is -0.000000226. The molecule has 0 amide bonds. The molecule has 27 heavy (non-hydrogen) atoms. The molecule has 0 aliphatic rings. The van der Waals surface area contributed by atoms with Crippen molar-refractivity contribution in [1.29, 1.82) is 0 Å². The van der Waals surface area contributed by atoms with E-state index < -0.39 is 24.8 Å². The van der Waals surface area contributed by atoms with E-state index in [4.69, 9.17) is 5.11 Å². The second-order valence-electron chi connectivity index (χ2n) is 6.56. The van der Waals surface area contributed by atoms with Crippen LogP contribution in [0, 0.1) is 0 Å². The van der Waals surface area contributed by atoms with E-state index in [-0.39, 0.29) is 59.1 Å².